The van der Waals surface area contributed by atoms with Gasteiger partial charge in [-0.1, -0.05) is 36.4 Å². The van der Waals surface area contributed by atoms with Gasteiger partial charge in [-0.3, -0.25) is 0 Å². The van der Waals surface area contributed by atoms with E-state index >= 15 is 0 Å². The first-order valence-electron chi connectivity index (χ1n) is 9.17. The molecule has 1 aliphatic heterocycles. The second-order valence-electron chi connectivity index (χ2n) is 6.69. The Hall–Kier alpha value is -2.66. The first-order chi connectivity index (χ1) is 12.8. The van der Waals surface area contributed by atoms with E-state index in [2.05, 4.69) is 36.1 Å². The van der Waals surface area contributed by atoms with Crippen molar-refractivity contribution >= 4 is 11.5 Å². The van der Waals surface area contributed by atoms with Crippen molar-refractivity contribution in [1.82, 2.24) is 14.6 Å². The third-order valence-electron chi connectivity index (χ3n) is 4.91. The molecule has 1 N–H and O–H groups in total. The highest BCUT2D eigenvalue weighted by Crippen LogP contribution is 2.28. The van der Waals surface area contributed by atoms with E-state index in [1.165, 1.54) is 0 Å². The molecule has 5 nitrogen and oxygen atoms in total. The highest BCUT2D eigenvalue weighted by atomic mass is 16.5. The fourth-order valence-electron chi connectivity index (χ4n) is 3.55. The van der Waals surface area contributed by atoms with E-state index in [9.17, 15) is 0 Å². The van der Waals surface area contributed by atoms with Gasteiger partial charge in [0.15, 0.2) is 5.65 Å². The standard InChI is InChI=1S/C21H24N4O/c1-3-8-18-15(2)24-21-19(16-9-5-4-6-10-16)14-23-25(21)20(18)22-13-17-11-7-12-26-17/h3-6,9-10,14,17,22H,1,7-8,11-13H2,2H3. The lowest BCUT2D eigenvalue weighted by atomic mass is 10.1. The lowest BCUT2D eigenvalue weighted by molar-refractivity contribution is 0.120. The molecule has 1 fully saturated rings. The van der Waals surface area contributed by atoms with Crippen molar-refractivity contribution in [2.24, 2.45) is 0 Å². The summed E-state index contributed by atoms with van der Waals surface area (Å²) in [7, 11) is 0. The number of hydrogen-bond donors (Lipinski definition) is 1. The fraction of sp³-hybridized carbons (Fsp3) is 0.333. The average Bonchev–Trinajstić information content (AvgIpc) is 3.32. The maximum absolute atomic E-state index is 5.76. The van der Waals surface area contributed by atoms with Crippen LogP contribution in [0.25, 0.3) is 16.8 Å². The van der Waals surface area contributed by atoms with E-state index in [0.717, 1.165) is 66.3 Å². The molecule has 0 spiro atoms. The molecule has 0 aliphatic carbocycles. The largest absolute Gasteiger partial charge is 0.376 e. The molecule has 26 heavy (non-hydrogen) atoms. The summed E-state index contributed by atoms with van der Waals surface area (Å²) in [5.41, 5.74) is 5.17. The lowest BCUT2D eigenvalue weighted by Gasteiger charge is -2.17. The first-order valence-corrected chi connectivity index (χ1v) is 9.17. The number of benzene rings is 1. The van der Waals surface area contributed by atoms with E-state index < -0.39 is 0 Å². The van der Waals surface area contributed by atoms with Crippen molar-refractivity contribution < 1.29 is 4.74 Å². The number of aromatic nitrogens is 3. The van der Waals surface area contributed by atoms with E-state index in [-0.39, 0.29) is 6.10 Å². The smallest absolute Gasteiger partial charge is 0.165 e. The van der Waals surface area contributed by atoms with Gasteiger partial charge in [0.25, 0.3) is 0 Å². The second-order valence-corrected chi connectivity index (χ2v) is 6.69. The van der Waals surface area contributed by atoms with Crippen molar-refractivity contribution in [1.29, 1.82) is 0 Å². The van der Waals surface area contributed by atoms with Gasteiger partial charge in [-0.05, 0) is 31.7 Å². The molecule has 2 aromatic heterocycles. The predicted octanol–water partition coefficient (Wildman–Crippen LogP) is 4.02. The third kappa shape index (κ3) is 3.10. The Morgan fingerprint density at radius 2 is 2.19 bits per heavy atom. The molecule has 1 aliphatic rings. The Labute approximate surface area is 153 Å². The summed E-state index contributed by atoms with van der Waals surface area (Å²) in [5, 5.41) is 8.22. The minimum absolute atomic E-state index is 0.263. The normalized spacial score (nSPS) is 16.9. The zero-order chi connectivity index (χ0) is 17.9. The minimum atomic E-state index is 0.263. The van der Waals surface area contributed by atoms with Crippen LogP contribution in [-0.4, -0.2) is 33.9 Å². The zero-order valence-corrected chi connectivity index (χ0v) is 15.1. The van der Waals surface area contributed by atoms with E-state index in [0.29, 0.717) is 0 Å². The molecule has 4 rings (SSSR count). The van der Waals surface area contributed by atoms with E-state index in [1.807, 2.05) is 35.0 Å². The monoisotopic (exact) mass is 348 g/mol. The van der Waals surface area contributed by atoms with Crippen molar-refractivity contribution in [2.45, 2.75) is 32.3 Å². The summed E-state index contributed by atoms with van der Waals surface area (Å²) >= 11 is 0. The van der Waals surface area contributed by atoms with Crippen LogP contribution in [-0.2, 0) is 11.2 Å². The van der Waals surface area contributed by atoms with Crippen LogP contribution in [0.3, 0.4) is 0 Å². The summed E-state index contributed by atoms with van der Waals surface area (Å²) in [6.45, 7) is 7.59. The topological polar surface area (TPSA) is 51.5 Å². The number of rotatable bonds is 6. The molecule has 0 radical (unpaired) electrons. The highest BCUT2D eigenvalue weighted by Gasteiger charge is 2.19. The Kier molecular flexibility index (Phi) is 4.71. The Morgan fingerprint density at radius 1 is 1.35 bits per heavy atom. The van der Waals surface area contributed by atoms with Crippen LogP contribution in [0.4, 0.5) is 5.82 Å². The van der Waals surface area contributed by atoms with Gasteiger partial charge >= 0.3 is 0 Å². The van der Waals surface area contributed by atoms with Crippen molar-refractivity contribution in [3.8, 4) is 11.1 Å². The van der Waals surface area contributed by atoms with Gasteiger partial charge in [0, 0.05) is 30.0 Å². The Morgan fingerprint density at radius 3 is 2.92 bits per heavy atom. The van der Waals surface area contributed by atoms with Gasteiger partial charge in [-0.2, -0.15) is 9.61 Å². The van der Waals surface area contributed by atoms with E-state index in [4.69, 9.17) is 9.72 Å². The lowest BCUT2D eigenvalue weighted by Crippen LogP contribution is -2.21. The quantitative estimate of drug-likeness (QED) is 0.684. The number of ether oxygens (including phenoxy) is 1. The molecule has 134 valence electrons. The van der Waals surface area contributed by atoms with Gasteiger partial charge in [0.1, 0.15) is 5.82 Å². The van der Waals surface area contributed by atoms with E-state index in [1.54, 1.807) is 0 Å². The van der Waals surface area contributed by atoms with Gasteiger partial charge in [-0.25, -0.2) is 4.98 Å². The average molecular weight is 348 g/mol. The summed E-state index contributed by atoms with van der Waals surface area (Å²) in [4.78, 5) is 4.85. The summed E-state index contributed by atoms with van der Waals surface area (Å²) in [6, 6.07) is 10.3. The molecular formula is C21H24N4O. The Bertz CT molecular complexity index is 911. The van der Waals surface area contributed by atoms with Crippen LogP contribution in [0.5, 0.6) is 0 Å². The molecule has 5 heteroatoms. The van der Waals surface area contributed by atoms with Crippen LogP contribution in [0.2, 0.25) is 0 Å². The summed E-state index contributed by atoms with van der Waals surface area (Å²) in [5.74, 6) is 0.991. The Balaban J connectivity index is 1.79. The minimum Gasteiger partial charge on any atom is -0.376 e. The molecule has 0 saturated carbocycles. The maximum atomic E-state index is 5.76. The maximum Gasteiger partial charge on any atom is 0.165 e. The number of hydrogen-bond acceptors (Lipinski definition) is 4. The zero-order valence-electron chi connectivity index (χ0n) is 15.1. The molecule has 0 bridgehead atoms. The number of aryl methyl sites for hydroxylation is 1. The van der Waals surface area contributed by atoms with Crippen LogP contribution < -0.4 is 5.32 Å². The van der Waals surface area contributed by atoms with Gasteiger partial charge < -0.3 is 10.1 Å². The molecule has 3 aromatic rings. The van der Waals surface area contributed by atoms with Gasteiger partial charge in [0.05, 0.1) is 12.3 Å². The van der Waals surface area contributed by atoms with Crippen molar-refractivity contribution in [2.75, 3.05) is 18.5 Å². The van der Waals surface area contributed by atoms with Crippen molar-refractivity contribution in [3.05, 3.63) is 60.4 Å². The SMILES string of the molecule is C=CCc1c(C)nc2c(-c3ccccc3)cnn2c1NCC1CCCO1. The molecule has 1 atom stereocenters. The number of nitrogens with one attached hydrogen (secondary N) is 1. The predicted molar refractivity (Wildman–Crippen MR) is 105 cm³/mol. The fourth-order valence-corrected chi connectivity index (χ4v) is 3.55. The van der Waals surface area contributed by atoms with Crippen LogP contribution >= 0.6 is 0 Å². The number of anilines is 1. The van der Waals surface area contributed by atoms with Crippen LogP contribution in [0, 0.1) is 6.92 Å². The van der Waals surface area contributed by atoms with Crippen molar-refractivity contribution in [3.63, 3.8) is 0 Å². The third-order valence-corrected chi connectivity index (χ3v) is 4.91. The van der Waals surface area contributed by atoms with Crippen LogP contribution in [0.15, 0.2) is 49.2 Å². The van der Waals surface area contributed by atoms with Crippen LogP contribution in [0.1, 0.15) is 24.1 Å². The number of fused-ring (bicyclic) bond motifs is 1. The molecule has 3 heterocycles. The molecule has 1 aromatic carbocycles. The van der Waals surface area contributed by atoms with Gasteiger partial charge in [-0.15, -0.1) is 6.58 Å². The molecule has 1 saturated heterocycles. The second kappa shape index (κ2) is 7.30. The molecule has 0 amide bonds. The van der Waals surface area contributed by atoms with Gasteiger partial charge in [0.2, 0.25) is 0 Å². The number of nitrogens with zero attached hydrogens (tertiary/aromatic N) is 3. The molecular weight excluding hydrogens is 324 g/mol. The summed E-state index contributed by atoms with van der Waals surface area (Å²) in [6.07, 6.45) is 7.06. The summed E-state index contributed by atoms with van der Waals surface area (Å²) < 4.78 is 7.68. The molecule has 1 unspecified atom stereocenters. The highest BCUT2D eigenvalue weighted by molar-refractivity contribution is 5.78. The first kappa shape index (κ1) is 16.8. The number of allylic oxidation sites excluding steroid dienone is 1.